The van der Waals surface area contributed by atoms with Crippen LogP contribution in [0.1, 0.15) is 17.5 Å². The van der Waals surface area contributed by atoms with Crippen LogP contribution in [0.5, 0.6) is 17.2 Å². The summed E-state index contributed by atoms with van der Waals surface area (Å²) in [5, 5.41) is 6.70. The Morgan fingerprint density at radius 2 is 2.00 bits per heavy atom. The van der Waals surface area contributed by atoms with Crippen molar-refractivity contribution in [1.29, 1.82) is 0 Å². The van der Waals surface area contributed by atoms with E-state index in [-0.39, 0.29) is 0 Å². The minimum atomic E-state index is 0.630. The maximum atomic E-state index is 5.85. The van der Waals surface area contributed by atoms with E-state index in [1.54, 1.807) is 7.11 Å². The standard InChI is InChI=1S/C21H22N2O3S/c1-24-16-5-2-4-15(11-16)23-21(27)13-18-17-12-20-19(25-8-3-9-26-20)10-14(17)6-7-22-18/h2,4-5,10-13,22H,3,6-9H2,1H3,(H,23,27)/b18-13-. The highest BCUT2D eigenvalue weighted by atomic mass is 32.1. The molecule has 2 aromatic carbocycles. The third-order valence-corrected chi connectivity index (χ3v) is 4.81. The normalized spacial score (nSPS) is 16.7. The van der Waals surface area contributed by atoms with Crippen LogP contribution in [0.4, 0.5) is 5.69 Å². The molecule has 27 heavy (non-hydrogen) atoms. The first kappa shape index (κ1) is 17.7. The van der Waals surface area contributed by atoms with Gasteiger partial charge >= 0.3 is 0 Å². The molecule has 0 bridgehead atoms. The van der Waals surface area contributed by atoms with Gasteiger partial charge in [-0.1, -0.05) is 18.3 Å². The van der Waals surface area contributed by atoms with Crippen LogP contribution >= 0.6 is 12.2 Å². The van der Waals surface area contributed by atoms with Crippen LogP contribution < -0.4 is 24.8 Å². The molecule has 0 radical (unpaired) electrons. The first-order valence-electron chi connectivity index (χ1n) is 9.06. The molecule has 0 spiro atoms. The minimum absolute atomic E-state index is 0.630. The van der Waals surface area contributed by atoms with Gasteiger partial charge < -0.3 is 24.8 Å². The minimum Gasteiger partial charge on any atom is -0.497 e. The van der Waals surface area contributed by atoms with Crippen molar-refractivity contribution < 1.29 is 14.2 Å². The second-order valence-corrected chi connectivity index (χ2v) is 6.90. The highest BCUT2D eigenvalue weighted by Crippen LogP contribution is 2.36. The van der Waals surface area contributed by atoms with Crippen LogP contribution in [0.25, 0.3) is 5.70 Å². The fourth-order valence-corrected chi connectivity index (χ4v) is 3.51. The highest BCUT2D eigenvalue weighted by Gasteiger charge is 2.20. The number of anilines is 1. The molecule has 2 heterocycles. The quantitative estimate of drug-likeness (QED) is 0.622. The number of rotatable bonds is 3. The molecule has 0 atom stereocenters. The summed E-state index contributed by atoms with van der Waals surface area (Å²) in [4.78, 5) is 0.630. The van der Waals surface area contributed by atoms with Crippen molar-refractivity contribution >= 4 is 28.6 Å². The van der Waals surface area contributed by atoms with Gasteiger partial charge in [0.05, 0.1) is 20.3 Å². The summed E-state index contributed by atoms with van der Waals surface area (Å²) >= 11 is 5.54. The monoisotopic (exact) mass is 382 g/mol. The molecular weight excluding hydrogens is 360 g/mol. The largest absolute Gasteiger partial charge is 0.497 e. The van der Waals surface area contributed by atoms with Gasteiger partial charge in [0.2, 0.25) is 0 Å². The number of benzene rings is 2. The van der Waals surface area contributed by atoms with Crippen LogP contribution in [-0.4, -0.2) is 31.9 Å². The molecule has 2 aliphatic heterocycles. The molecule has 0 amide bonds. The summed E-state index contributed by atoms with van der Waals surface area (Å²) in [7, 11) is 1.65. The number of nitrogens with one attached hydrogen (secondary N) is 2. The lowest BCUT2D eigenvalue weighted by Crippen LogP contribution is -2.24. The zero-order valence-electron chi connectivity index (χ0n) is 15.2. The Hall–Kier alpha value is -2.73. The molecule has 0 aliphatic carbocycles. The molecule has 0 aromatic heterocycles. The Labute approximate surface area is 164 Å². The Balaban J connectivity index is 1.59. The molecule has 2 N–H and O–H groups in total. The van der Waals surface area contributed by atoms with Crippen molar-refractivity contribution in [3.63, 3.8) is 0 Å². The molecule has 0 saturated heterocycles. The van der Waals surface area contributed by atoms with Crippen molar-refractivity contribution in [3.05, 3.63) is 53.6 Å². The lowest BCUT2D eigenvalue weighted by atomic mass is 9.97. The van der Waals surface area contributed by atoms with E-state index in [1.165, 1.54) is 5.56 Å². The second kappa shape index (κ2) is 7.88. The molecule has 5 nitrogen and oxygen atoms in total. The number of thiocarbonyl (C=S) groups is 1. The molecule has 0 saturated carbocycles. The number of ether oxygens (including phenoxy) is 3. The molecule has 140 valence electrons. The highest BCUT2D eigenvalue weighted by molar-refractivity contribution is 7.81. The zero-order valence-corrected chi connectivity index (χ0v) is 16.0. The van der Waals surface area contributed by atoms with Crippen LogP contribution in [-0.2, 0) is 6.42 Å². The molecule has 2 aromatic rings. The molecule has 6 heteroatoms. The van der Waals surface area contributed by atoms with Gasteiger partial charge in [-0.25, -0.2) is 0 Å². The van der Waals surface area contributed by atoms with Crippen LogP contribution in [0.15, 0.2) is 42.5 Å². The van der Waals surface area contributed by atoms with E-state index in [1.807, 2.05) is 30.3 Å². The van der Waals surface area contributed by atoms with E-state index < -0.39 is 0 Å². The summed E-state index contributed by atoms with van der Waals surface area (Å²) in [6.07, 6.45) is 3.80. The lowest BCUT2D eigenvalue weighted by Gasteiger charge is -2.23. The first-order valence-corrected chi connectivity index (χ1v) is 9.47. The summed E-state index contributed by atoms with van der Waals surface area (Å²) in [6.45, 7) is 2.23. The van der Waals surface area contributed by atoms with Crippen molar-refractivity contribution in [2.24, 2.45) is 0 Å². The smallest absolute Gasteiger partial charge is 0.161 e. The Morgan fingerprint density at radius 1 is 1.19 bits per heavy atom. The van der Waals surface area contributed by atoms with Gasteiger partial charge in [0.25, 0.3) is 0 Å². The molecule has 0 fully saturated rings. The second-order valence-electron chi connectivity index (χ2n) is 6.46. The molecule has 0 unspecified atom stereocenters. The first-order chi connectivity index (χ1) is 13.2. The number of hydrogen-bond donors (Lipinski definition) is 2. The maximum Gasteiger partial charge on any atom is 0.161 e. The van der Waals surface area contributed by atoms with Gasteiger partial charge in [-0.15, -0.1) is 0 Å². The van der Waals surface area contributed by atoms with E-state index in [9.17, 15) is 0 Å². The molecule has 2 aliphatic rings. The van der Waals surface area contributed by atoms with Gasteiger partial charge in [-0.2, -0.15) is 0 Å². The number of hydrogen-bond acceptors (Lipinski definition) is 5. The topological polar surface area (TPSA) is 51.8 Å². The fraction of sp³-hybridized carbons (Fsp3) is 0.286. The van der Waals surface area contributed by atoms with Crippen LogP contribution in [0.3, 0.4) is 0 Å². The molecular formula is C21H22N2O3S. The van der Waals surface area contributed by atoms with Crippen LogP contribution in [0, 0.1) is 0 Å². The van der Waals surface area contributed by atoms with Crippen molar-refractivity contribution in [2.45, 2.75) is 12.8 Å². The summed E-state index contributed by atoms with van der Waals surface area (Å²) in [5.74, 6) is 2.42. The zero-order chi connectivity index (χ0) is 18.6. The number of methoxy groups -OCH3 is 1. The number of fused-ring (bicyclic) bond motifs is 2. The Morgan fingerprint density at radius 3 is 2.81 bits per heavy atom. The maximum absolute atomic E-state index is 5.85. The summed E-state index contributed by atoms with van der Waals surface area (Å²) < 4.78 is 16.9. The van der Waals surface area contributed by atoms with Crippen molar-refractivity contribution in [3.8, 4) is 17.2 Å². The van der Waals surface area contributed by atoms with Crippen molar-refractivity contribution in [2.75, 3.05) is 32.2 Å². The van der Waals surface area contributed by atoms with E-state index in [2.05, 4.69) is 22.8 Å². The average molecular weight is 382 g/mol. The average Bonchev–Trinajstić information content (AvgIpc) is 2.91. The Kier molecular flexibility index (Phi) is 5.16. The van der Waals surface area contributed by atoms with E-state index in [0.717, 1.165) is 53.6 Å². The Bertz CT molecular complexity index is 895. The van der Waals surface area contributed by atoms with Gasteiger partial charge in [-0.05, 0) is 42.3 Å². The van der Waals surface area contributed by atoms with E-state index in [0.29, 0.717) is 18.2 Å². The molecule has 4 rings (SSSR count). The van der Waals surface area contributed by atoms with E-state index >= 15 is 0 Å². The van der Waals surface area contributed by atoms with Gasteiger partial charge in [0.1, 0.15) is 10.7 Å². The van der Waals surface area contributed by atoms with Gasteiger partial charge in [0, 0.05) is 36.0 Å². The predicted molar refractivity (Wildman–Crippen MR) is 111 cm³/mol. The third kappa shape index (κ3) is 4.01. The fourth-order valence-electron chi connectivity index (χ4n) is 3.27. The van der Waals surface area contributed by atoms with Gasteiger partial charge in [0.15, 0.2) is 11.5 Å². The van der Waals surface area contributed by atoms with Crippen LogP contribution in [0.2, 0.25) is 0 Å². The summed E-state index contributed by atoms with van der Waals surface area (Å²) in [6, 6.07) is 11.9. The SMILES string of the molecule is COc1cccc(NC(=S)/C=C2\NCCc3cc4c(cc32)OCCCO4)c1. The van der Waals surface area contributed by atoms with Gasteiger partial charge in [-0.3, -0.25) is 0 Å². The predicted octanol–water partition coefficient (Wildman–Crippen LogP) is 3.78. The third-order valence-electron chi connectivity index (χ3n) is 4.59. The van der Waals surface area contributed by atoms with Crippen molar-refractivity contribution in [1.82, 2.24) is 5.32 Å². The lowest BCUT2D eigenvalue weighted by molar-refractivity contribution is 0.297. The van der Waals surface area contributed by atoms with E-state index in [4.69, 9.17) is 26.4 Å². The summed E-state index contributed by atoms with van der Waals surface area (Å²) in [5.41, 5.74) is 4.24.